The fraction of sp³-hybridized carbons (Fsp3) is 0.500. The van der Waals surface area contributed by atoms with E-state index in [2.05, 4.69) is 30.0 Å². The van der Waals surface area contributed by atoms with E-state index in [0.29, 0.717) is 31.2 Å². The van der Waals surface area contributed by atoms with Crippen molar-refractivity contribution >= 4 is 5.71 Å². The van der Waals surface area contributed by atoms with E-state index >= 15 is 0 Å². The molecule has 0 amide bonds. The van der Waals surface area contributed by atoms with E-state index in [9.17, 15) is 15.8 Å². The summed E-state index contributed by atoms with van der Waals surface area (Å²) in [5.74, 6) is -0.535. The third-order valence-corrected chi connectivity index (χ3v) is 6.27. The summed E-state index contributed by atoms with van der Waals surface area (Å²) in [6.07, 6.45) is 3.91. The van der Waals surface area contributed by atoms with E-state index in [-0.39, 0.29) is 11.6 Å². The van der Waals surface area contributed by atoms with Gasteiger partial charge in [-0.3, -0.25) is 0 Å². The van der Waals surface area contributed by atoms with Crippen molar-refractivity contribution in [2.24, 2.45) is 17.3 Å². The molecule has 1 saturated carbocycles. The number of hydrogen-bond donors (Lipinski definition) is 1. The van der Waals surface area contributed by atoms with Gasteiger partial charge in [-0.05, 0) is 36.7 Å². The highest BCUT2D eigenvalue weighted by Gasteiger charge is 2.57. The van der Waals surface area contributed by atoms with Crippen molar-refractivity contribution in [2.75, 3.05) is 33.9 Å². The van der Waals surface area contributed by atoms with Crippen LogP contribution in [0.2, 0.25) is 0 Å². The van der Waals surface area contributed by atoms with Gasteiger partial charge in [0.25, 0.3) is 0 Å². The Kier molecular flexibility index (Phi) is 6.64. The minimum Gasteiger partial charge on any atom is -0.493 e. The largest absolute Gasteiger partial charge is 0.493 e. The fourth-order valence-corrected chi connectivity index (χ4v) is 4.65. The molecule has 0 bridgehead atoms. The minimum atomic E-state index is -1.73. The van der Waals surface area contributed by atoms with Crippen LogP contribution >= 0.6 is 0 Å². The summed E-state index contributed by atoms with van der Waals surface area (Å²) in [4.78, 5) is 2.10. The molecule has 1 aliphatic heterocycles. The molecule has 2 aliphatic rings. The number of unbranched alkanes of at least 4 members (excludes halogenated alkanes) is 1. The molecule has 1 aromatic rings. The van der Waals surface area contributed by atoms with Crippen LogP contribution in [-0.2, 0) is 0 Å². The second kappa shape index (κ2) is 9.21. The summed E-state index contributed by atoms with van der Waals surface area (Å²) < 4.78 is 11.4. The zero-order valence-corrected chi connectivity index (χ0v) is 18.2. The van der Waals surface area contributed by atoms with Crippen molar-refractivity contribution in [3.8, 4) is 29.7 Å². The number of methoxy groups -OCH3 is 1. The first-order chi connectivity index (χ1) is 15.0. The Morgan fingerprint density at radius 3 is 2.58 bits per heavy atom. The SMILES string of the molecule is CCCCOc1ccc([C@@H]2[C@H]3CN(C)CC=C3[C@@H](C#N)C(=N)C2(C#N)C#N)cc1OC. The third kappa shape index (κ3) is 3.76. The smallest absolute Gasteiger partial charge is 0.189 e. The van der Waals surface area contributed by atoms with Gasteiger partial charge < -0.3 is 19.8 Å². The van der Waals surface area contributed by atoms with Crippen LogP contribution in [0.4, 0.5) is 0 Å². The molecule has 7 nitrogen and oxygen atoms in total. The Hall–Kier alpha value is -3.34. The predicted molar refractivity (Wildman–Crippen MR) is 116 cm³/mol. The lowest BCUT2D eigenvalue weighted by molar-refractivity contribution is 0.234. The molecule has 1 fully saturated rings. The van der Waals surface area contributed by atoms with E-state index in [0.717, 1.165) is 24.0 Å². The van der Waals surface area contributed by atoms with Gasteiger partial charge in [0.1, 0.15) is 5.92 Å². The van der Waals surface area contributed by atoms with Crippen molar-refractivity contribution in [1.82, 2.24) is 4.90 Å². The fourth-order valence-electron chi connectivity index (χ4n) is 4.65. The van der Waals surface area contributed by atoms with Crippen molar-refractivity contribution in [3.05, 3.63) is 35.4 Å². The number of fused-ring (bicyclic) bond motifs is 1. The van der Waals surface area contributed by atoms with Crippen molar-refractivity contribution in [3.63, 3.8) is 0 Å². The van der Waals surface area contributed by atoms with Crippen LogP contribution in [-0.4, -0.2) is 44.5 Å². The van der Waals surface area contributed by atoms with E-state index < -0.39 is 17.3 Å². The first-order valence-electron chi connectivity index (χ1n) is 10.5. The van der Waals surface area contributed by atoms with Crippen molar-refractivity contribution < 1.29 is 9.47 Å². The number of ether oxygens (including phenoxy) is 2. The molecule has 1 heterocycles. The monoisotopic (exact) mass is 417 g/mol. The highest BCUT2D eigenvalue weighted by Crippen LogP contribution is 2.54. The molecule has 7 heteroatoms. The lowest BCUT2D eigenvalue weighted by Crippen LogP contribution is -2.52. The second-order valence-corrected chi connectivity index (χ2v) is 8.13. The highest BCUT2D eigenvalue weighted by molar-refractivity contribution is 6.00. The lowest BCUT2D eigenvalue weighted by Gasteiger charge is -2.47. The van der Waals surface area contributed by atoms with E-state index in [4.69, 9.17) is 14.9 Å². The van der Waals surface area contributed by atoms with Crippen LogP contribution < -0.4 is 9.47 Å². The highest BCUT2D eigenvalue weighted by atomic mass is 16.5. The number of nitrogens with zero attached hydrogens (tertiary/aromatic N) is 4. The molecule has 0 spiro atoms. The van der Waals surface area contributed by atoms with Gasteiger partial charge in [-0.2, -0.15) is 15.8 Å². The predicted octanol–water partition coefficient (Wildman–Crippen LogP) is 3.65. The summed E-state index contributed by atoms with van der Waals surface area (Å²) in [6.45, 7) is 3.93. The Labute approximate surface area is 183 Å². The lowest BCUT2D eigenvalue weighted by atomic mass is 9.54. The number of likely N-dealkylation sites (N-methyl/N-ethyl adjacent to an activating group) is 1. The van der Waals surface area contributed by atoms with Gasteiger partial charge in [0.2, 0.25) is 0 Å². The van der Waals surface area contributed by atoms with E-state index in [1.165, 1.54) is 0 Å². The molecule has 0 aromatic heterocycles. The Morgan fingerprint density at radius 1 is 1.23 bits per heavy atom. The summed E-state index contributed by atoms with van der Waals surface area (Å²) in [6, 6.07) is 11.9. The topological polar surface area (TPSA) is 117 Å². The molecular weight excluding hydrogens is 390 g/mol. The van der Waals surface area contributed by atoms with E-state index in [1.807, 2.05) is 25.3 Å². The molecular formula is C24H27N5O2. The van der Waals surface area contributed by atoms with Crippen molar-refractivity contribution in [2.45, 2.75) is 25.7 Å². The molecule has 1 aromatic carbocycles. The first-order valence-corrected chi connectivity index (χ1v) is 10.5. The van der Waals surface area contributed by atoms with Crippen molar-refractivity contribution in [1.29, 1.82) is 21.2 Å². The minimum absolute atomic E-state index is 0.140. The molecule has 0 radical (unpaired) electrons. The number of benzene rings is 1. The summed E-state index contributed by atoms with van der Waals surface area (Å²) in [5.41, 5.74) is -0.302. The zero-order chi connectivity index (χ0) is 22.6. The molecule has 1 N–H and O–H groups in total. The average molecular weight is 418 g/mol. The number of nitriles is 3. The molecule has 0 saturated heterocycles. The quantitative estimate of drug-likeness (QED) is 0.558. The van der Waals surface area contributed by atoms with Crippen LogP contribution in [0.5, 0.6) is 11.5 Å². The van der Waals surface area contributed by atoms with Gasteiger partial charge in [-0.15, -0.1) is 0 Å². The number of rotatable bonds is 6. The normalized spacial score (nSPS) is 24.7. The first kappa shape index (κ1) is 22.3. The summed E-state index contributed by atoms with van der Waals surface area (Å²) >= 11 is 0. The molecule has 0 unspecified atom stereocenters. The van der Waals surface area contributed by atoms with Gasteiger partial charge >= 0.3 is 0 Å². The number of nitrogens with one attached hydrogen (secondary N) is 1. The maximum Gasteiger partial charge on any atom is 0.189 e. The molecule has 160 valence electrons. The summed E-state index contributed by atoms with van der Waals surface area (Å²) in [7, 11) is 3.53. The number of hydrogen-bond acceptors (Lipinski definition) is 7. The van der Waals surface area contributed by atoms with Gasteiger partial charge in [0.05, 0.1) is 37.6 Å². The Bertz CT molecular complexity index is 996. The standard InChI is InChI=1S/C24H27N5O2/c1-4-5-10-31-20-7-6-16(11-21(20)30-3)22-19-13-29(2)9-8-17(19)18(12-25)23(28)24(22,14-26)15-27/h6-8,11,18-19,22,28H,4-5,9-10,13H2,1-3H3/t18-,19+,22-/m1/s1. The maximum atomic E-state index is 10.1. The maximum absolute atomic E-state index is 10.1. The molecule has 3 atom stereocenters. The summed E-state index contributed by atoms with van der Waals surface area (Å²) in [5, 5.41) is 38.7. The van der Waals surface area contributed by atoms with E-state index in [1.54, 1.807) is 13.2 Å². The third-order valence-electron chi connectivity index (χ3n) is 6.27. The Morgan fingerprint density at radius 2 is 1.97 bits per heavy atom. The van der Waals surface area contributed by atoms with Crippen LogP contribution in [0.15, 0.2) is 29.8 Å². The van der Waals surface area contributed by atoms with Gasteiger partial charge in [0, 0.05) is 24.9 Å². The Balaban J connectivity index is 2.14. The van der Waals surface area contributed by atoms with Gasteiger partial charge in [-0.1, -0.05) is 25.5 Å². The molecule has 31 heavy (non-hydrogen) atoms. The van der Waals surface area contributed by atoms with Crippen LogP contribution in [0, 0.1) is 56.7 Å². The zero-order valence-electron chi connectivity index (χ0n) is 18.2. The average Bonchev–Trinajstić information content (AvgIpc) is 2.79. The van der Waals surface area contributed by atoms with Gasteiger partial charge in [0.15, 0.2) is 16.9 Å². The van der Waals surface area contributed by atoms with Gasteiger partial charge in [-0.25, -0.2) is 0 Å². The molecule has 1 aliphatic carbocycles. The second-order valence-electron chi connectivity index (χ2n) is 8.13. The van der Waals surface area contributed by atoms with Crippen LogP contribution in [0.3, 0.4) is 0 Å². The van der Waals surface area contributed by atoms with Crippen LogP contribution in [0.25, 0.3) is 0 Å². The van der Waals surface area contributed by atoms with Crippen LogP contribution in [0.1, 0.15) is 31.2 Å². The molecule has 3 rings (SSSR count).